The van der Waals surface area contributed by atoms with Gasteiger partial charge in [-0.25, -0.2) is 9.97 Å². The number of hydrogen-bond acceptors (Lipinski definition) is 4. The lowest BCUT2D eigenvalue weighted by molar-refractivity contribution is 0.625. The molecule has 4 nitrogen and oxygen atoms in total. The molecule has 5 heteroatoms. The molecule has 1 aliphatic heterocycles. The summed E-state index contributed by atoms with van der Waals surface area (Å²) in [5, 5.41) is 6.77. The Labute approximate surface area is 120 Å². The summed E-state index contributed by atoms with van der Waals surface area (Å²) in [6, 6.07) is 10.3. The van der Waals surface area contributed by atoms with Crippen LogP contribution in [0.4, 0.5) is 5.82 Å². The number of benzene rings is 1. The molecule has 1 aliphatic rings. The predicted molar refractivity (Wildman–Crippen MR) is 78.9 cm³/mol. The molecule has 0 radical (unpaired) electrons. The number of nitrogens with zero attached hydrogens (tertiary/aromatic N) is 2. The lowest BCUT2D eigenvalue weighted by Gasteiger charge is -2.19. The summed E-state index contributed by atoms with van der Waals surface area (Å²) >= 11 is 3.38. The quantitative estimate of drug-likeness (QED) is 0.854. The molecule has 0 spiro atoms. The first-order valence-corrected chi connectivity index (χ1v) is 7.16. The minimum atomic E-state index is 0.656. The summed E-state index contributed by atoms with van der Waals surface area (Å²) in [5.74, 6) is 0.924. The fourth-order valence-corrected chi connectivity index (χ4v) is 2.63. The number of nitrogens with one attached hydrogen (secondary N) is 2. The lowest BCUT2D eigenvalue weighted by Crippen LogP contribution is -2.26. The maximum absolute atomic E-state index is 4.46. The van der Waals surface area contributed by atoms with Crippen LogP contribution in [0.5, 0.6) is 0 Å². The average Bonchev–Trinajstić information content (AvgIpc) is 2.45. The van der Waals surface area contributed by atoms with Gasteiger partial charge in [-0.05, 0) is 21.5 Å². The first-order chi connectivity index (χ1) is 9.33. The van der Waals surface area contributed by atoms with Gasteiger partial charge in [0.1, 0.15) is 5.82 Å². The molecule has 0 fully saturated rings. The Kier molecular flexibility index (Phi) is 3.75. The van der Waals surface area contributed by atoms with Crippen LogP contribution in [0.1, 0.15) is 16.8 Å². The molecule has 0 bridgehead atoms. The highest BCUT2D eigenvalue weighted by Gasteiger charge is 2.16. The van der Waals surface area contributed by atoms with Crippen LogP contribution in [0, 0.1) is 0 Å². The standard InChI is InChI=1S/C14H15BrN4/c15-14-18-12-6-7-16-9-11(12)13(19-14)17-8-10-4-2-1-3-5-10/h1-5,16H,6-9H2,(H,17,18,19). The Morgan fingerprint density at radius 3 is 2.89 bits per heavy atom. The number of rotatable bonds is 3. The Hall–Kier alpha value is -1.46. The van der Waals surface area contributed by atoms with E-state index >= 15 is 0 Å². The van der Waals surface area contributed by atoms with Crippen molar-refractivity contribution in [1.82, 2.24) is 15.3 Å². The first kappa shape index (κ1) is 12.6. The van der Waals surface area contributed by atoms with Crippen LogP contribution in [0.3, 0.4) is 0 Å². The molecule has 3 rings (SSSR count). The molecule has 2 N–H and O–H groups in total. The third-order valence-electron chi connectivity index (χ3n) is 3.21. The van der Waals surface area contributed by atoms with E-state index in [1.807, 2.05) is 18.2 Å². The summed E-state index contributed by atoms with van der Waals surface area (Å²) in [4.78, 5) is 8.91. The normalized spacial score (nSPS) is 13.9. The third-order valence-corrected chi connectivity index (χ3v) is 3.56. The van der Waals surface area contributed by atoms with Crippen molar-refractivity contribution < 1.29 is 0 Å². The van der Waals surface area contributed by atoms with Crippen molar-refractivity contribution in [2.24, 2.45) is 0 Å². The molecule has 0 saturated heterocycles. The summed E-state index contributed by atoms with van der Waals surface area (Å²) in [5.41, 5.74) is 3.57. The van der Waals surface area contributed by atoms with Gasteiger partial charge in [0.2, 0.25) is 0 Å². The molecule has 0 aliphatic carbocycles. The minimum Gasteiger partial charge on any atom is -0.366 e. The van der Waals surface area contributed by atoms with Crippen LogP contribution >= 0.6 is 15.9 Å². The van der Waals surface area contributed by atoms with Gasteiger partial charge in [-0.2, -0.15) is 0 Å². The second-order valence-corrected chi connectivity index (χ2v) is 5.24. The number of hydrogen-bond donors (Lipinski definition) is 2. The second-order valence-electron chi connectivity index (χ2n) is 4.53. The number of aromatic nitrogens is 2. The van der Waals surface area contributed by atoms with Crippen molar-refractivity contribution >= 4 is 21.7 Å². The van der Waals surface area contributed by atoms with Crippen molar-refractivity contribution in [1.29, 1.82) is 0 Å². The van der Waals surface area contributed by atoms with E-state index in [-0.39, 0.29) is 0 Å². The summed E-state index contributed by atoms with van der Waals surface area (Å²) < 4.78 is 0.656. The van der Waals surface area contributed by atoms with E-state index < -0.39 is 0 Å². The highest BCUT2D eigenvalue weighted by molar-refractivity contribution is 9.10. The molecule has 0 saturated carbocycles. The van der Waals surface area contributed by atoms with Crippen molar-refractivity contribution in [3.05, 3.63) is 51.9 Å². The molecule has 0 atom stereocenters. The van der Waals surface area contributed by atoms with E-state index in [4.69, 9.17) is 0 Å². The van der Waals surface area contributed by atoms with Gasteiger partial charge < -0.3 is 10.6 Å². The summed E-state index contributed by atoms with van der Waals surface area (Å²) in [6.07, 6.45) is 0.955. The van der Waals surface area contributed by atoms with E-state index in [9.17, 15) is 0 Å². The molecule has 2 aromatic rings. The maximum Gasteiger partial charge on any atom is 0.198 e. The van der Waals surface area contributed by atoms with Gasteiger partial charge in [-0.3, -0.25) is 0 Å². The van der Waals surface area contributed by atoms with Crippen LogP contribution in [0.25, 0.3) is 0 Å². The zero-order valence-electron chi connectivity index (χ0n) is 10.5. The van der Waals surface area contributed by atoms with E-state index in [2.05, 4.69) is 48.7 Å². The van der Waals surface area contributed by atoms with E-state index in [1.165, 1.54) is 11.1 Å². The van der Waals surface area contributed by atoms with Gasteiger partial charge in [-0.1, -0.05) is 30.3 Å². The van der Waals surface area contributed by atoms with Crippen molar-refractivity contribution in [3.8, 4) is 0 Å². The second kappa shape index (κ2) is 5.67. The zero-order valence-corrected chi connectivity index (χ0v) is 12.1. The van der Waals surface area contributed by atoms with Gasteiger partial charge in [0.25, 0.3) is 0 Å². The van der Waals surface area contributed by atoms with Gasteiger partial charge in [0.15, 0.2) is 4.73 Å². The fourth-order valence-electron chi connectivity index (χ4n) is 2.24. The fraction of sp³-hybridized carbons (Fsp3) is 0.286. The Bertz CT molecular complexity index is 571. The van der Waals surface area contributed by atoms with Crippen LogP contribution < -0.4 is 10.6 Å². The van der Waals surface area contributed by atoms with Crippen molar-refractivity contribution in [3.63, 3.8) is 0 Å². The number of fused-ring (bicyclic) bond motifs is 1. The molecule has 0 amide bonds. The van der Waals surface area contributed by atoms with Crippen molar-refractivity contribution in [2.45, 2.75) is 19.5 Å². The third kappa shape index (κ3) is 2.93. The van der Waals surface area contributed by atoms with Gasteiger partial charge in [0, 0.05) is 31.6 Å². The Morgan fingerprint density at radius 1 is 1.21 bits per heavy atom. The SMILES string of the molecule is Brc1nc2c(c(NCc3ccccc3)n1)CNCC2. The highest BCUT2D eigenvalue weighted by Crippen LogP contribution is 2.22. The topological polar surface area (TPSA) is 49.8 Å². The monoisotopic (exact) mass is 318 g/mol. The largest absolute Gasteiger partial charge is 0.366 e. The predicted octanol–water partition coefficient (Wildman–Crippen LogP) is 2.50. The van der Waals surface area contributed by atoms with Gasteiger partial charge in [0.05, 0.1) is 5.69 Å². The average molecular weight is 319 g/mol. The minimum absolute atomic E-state index is 0.656. The molecule has 0 unspecified atom stereocenters. The van der Waals surface area contributed by atoms with Gasteiger partial charge >= 0.3 is 0 Å². The smallest absolute Gasteiger partial charge is 0.198 e. The van der Waals surface area contributed by atoms with Crippen LogP contribution in [-0.4, -0.2) is 16.5 Å². The summed E-state index contributed by atoms with van der Waals surface area (Å²) in [6.45, 7) is 2.59. The van der Waals surface area contributed by atoms with E-state index in [0.717, 1.165) is 37.6 Å². The van der Waals surface area contributed by atoms with Crippen molar-refractivity contribution in [2.75, 3.05) is 11.9 Å². The molecular weight excluding hydrogens is 304 g/mol. The highest BCUT2D eigenvalue weighted by atomic mass is 79.9. The summed E-state index contributed by atoms with van der Waals surface area (Å²) in [7, 11) is 0. The molecule has 98 valence electrons. The molecule has 2 heterocycles. The molecular formula is C14H15BrN4. The van der Waals surface area contributed by atoms with Crippen LogP contribution in [0.2, 0.25) is 0 Å². The number of halogens is 1. The van der Waals surface area contributed by atoms with E-state index in [1.54, 1.807) is 0 Å². The van der Waals surface area contributed by atoms with Crippen LogP contribution in [-0.2, 0) is 19.5 Å². The molecule has 1 aromatic carbocycles. The zero-order chi connectivity index (χ0) is 13.1. The first-order valence-electron chi connectivity index (χ1n) is 6.37. The Balaban J connectivity index is 1.82. The molecule has 19 heavy (non-hydrogen) atoms. The molecule has 1 aromatic heterocycles. The van der Waals surface area contributed by atoms with E-state index in [0.29, 0.717) is 4.73 Å². The Morgan fingerprint density at radius 2 is 2.05 bits per heavy atom. The van der Waals surface area contributed by atoms with Gasteiger partial charge in [-0.15, -0.1) is 0 Å². The maximum atomic E-state index is 4.46. The number of anilines is 1. The lowest BCUT2D eigenvalue weighted by atomic mass is 10.1. The van der Waals surface area contributed by atoms with Crippen LogP contribution in [0.15, 0.2) is 35.1 Å².